The summed E-state index contributed by atoms with van der Waals surface area (Å²) in [6.45, 7) is 3.37. The van der Waals surface area contributed by atoms with Crippen LogP contribution in [0.4, 0.5) is 10.1 Å². The van der Waals surface area contributed by atoms with Crippen LogP contribution in [-0.4, -0.2) is 76.6 Å². The second-order valence-corrected chi connectivity index (χ2v) is 11.2. The quantitative estimate of drug-likeness (QED) is 0.425. The number of hydrogen-bond acceptors (Lipinski definition) is 6. The largest absolute Gasteiger partial charge is 0.486 e. The number of carbonyl (C=O) groups is 1. The SMILES string of the molecule is O=C(CN(c1ccc(F)cc1)S(=O)(=O)c1ccc2c(c1)OCCO2)N1CCN(C/C=C/c2ccccc2)CC1. The van der Waals surface area contributed by atoms with E-state index in [0.29, 0.717) is 50.9 Å². The summed E-state index contributed by atoms with van der Waals surface area (Å²) in [5.74, 6) is -0.0367. The average Bonchev–Trinajstić information content (AvgIpc) is 2.97. The van der Waals surface area contributed by atoms with Crippen molar-refractivity contribution in [2.75, 3.05) is 56.8 Å². The molecule has 3 aromatic carbocycles. The molecule has 10 heteroatoms. The predicted molar refractivity (Wildman–Crippen MR) is 147 cm³/mol. The lowest BCUT2D eigenvalue weighted by Crippen LogP contribution is -2.51. The number of sulfonamides is 1. The molecule has 0 aromatic heterocycles. The molecule has 0 unspecified atom stereocenters. The van der Waals surface area contributed by atoms with E-state index in [9.17, 15) is 17.6 Å². The number of carbonyl (C=O) groups excluding carboxylic acids is 1. The molecule has 0 radical (unpaired) electrons. The zero-order chi connectivity index (χ0) is 27.2. The number of ether oxygens (including phenoxy) is 2. The minimum Gasteiger partial charge on any atom is -0.486 e. The van der Waals surface area contributed by atoms with E-state index < -0.39 is 22.4 Å². The Balaban J connectivity index is 1.28. The highest BCUT2D eigenvalue weighted by atomic mass is 32.2. The maximum Gasteiger partial charge on any atom is 0.264 e. The minimum atomic E-state index is -4.18. The van der Waals surface area contributed by atoms with Crippen LogP contribution in [0.2, 0.25) is 0 Å². The number of fused-ring (bicyclic) bond motifs is 1. The van der Waals surface area contributed by atoms with Gasteiger partial charge in [0.25, 0.3) is 10.0 Å². The van der Waals surface area contributed by atoms with Crippen LogP contribution in [-0.2, 0) is 14.8 Å². The summed E-state index contributed by atoms with van der Waals surface area (Å²) in [7, 11) is -4.18. The Hall–Kier alpha value is -3.89. The van der Waals surface area contributed by atoms with Gasteiger partial charge >= 0.3 is 0 Å². The monoisotopic (exact) mass is 551 g/mol. The second-order valence-electron chi connectivity index (χ2n) is 9.29. The van der Waals surface area contributed by atoms with Crippen molar-refractivity contribution in [3.63, 3.8) is 0 Å². The molecule has 1 saturated heterocycles. The molecule has 0 spiro atoms. The van der Waals surface area contributed by atoms with Crippen LogP contribution in [0.3, 0.4) is 0 Å². The first-order valence-corrected chi connectivity index (χ1v) is 14.2. The first-order chi connectivity index (χ1) is 18.9. The molecule has 8 nitrogen and oxygen atoms in total. The predicted octanol–water partition coefficient (Wildman–Crippen LogP) is 3.65. The zero-order valence-corrected chi connectivity index (χ0v) is 22.2. The molecule has 1 fully saturated rings. The minimum absolute atomic E-state index is 0.0427. The van der Waals surface area contributed by atoms with Gasteiger partial charge in [0.2, 0.25) is 5.91 Å². The number of nitrogens with zero attached hydrogens (tertiary/aromatic N) is 3. The van der Waals surface area contributed by atoms with Crippen molar-refractivity contribution < 1.29 is 27.1 Å². The molecule has 204 valence electrons. The Bertz CT molecular complexity index is 1420. The van der Waals surface area contributed by atoms with Crippen molar-refractivity contribution in [1.29, 1.82) is 0 Å². The summed E-state index contributed by atoms with van der Waals surface area (Å²) in [5.41, 5.74) is 1.33. The number of hydrogen-bond donors (Lipinski definition) is 0. The van der Waals surface area contributed by atoms with Gasteiger partial charge in [-0.1, -0.05) is 42.5 Å². The van der Waals surface area contributed by atoms with Crippen LogP contribution in [0.1, 0.15) is 5.56 Å². The van der Waals surface area contributed by atoms with Crippen LogP contribution in [0, 0.1) is 5.82 Å². The number of anilines is 1. The van der Waals surface area contributed by atoms with E-state index in [1.165, 1.54) is 42.5 Å². The molecule has 0 saturated carbocycles. The number of benzene rings is 3. The van der Waals surface area contributed by atoms with Crippen LogP contribution < -0.4 is 13.8 Å². The molecule has 0 N–H and O–H groups in total. The second kappa shape index (κ2) is 11.9. The third-order valence-electron chi connectivity index (χ3n) is 6.69. The van der Waals surface area contributed by atoms with Gasteiger partial charge in [-0.2, -0.15) is 0 Å². The van der Waals surface area contributed by atoms with Crippen molar-refractivity contribution in [3.8, 4) is 11.5 Å². The lowest BCUT2D eigenvalue weighted by atomic mass is 10.2. The summed E-state index contributed by atoms with van der Waals surface area (Å²) in [5, 5.41) is 0. The lowest BCUT2D eigenvalue weighted by Gasteiger charge is -2.35. The number of piperazine rings is 1. The molecule has 5 rings (SSSR count). The first kappa shape index (κ1) is 26.7. The summed E-state index contributed by atoms with van der Waals surface area (Å²) in [4.78, 5) is 17.2. The summed E-state index contributed by atoms with van der Waals surface area (Å²) < 4.78 is 53.3. The topological polar surface area (TPSA) is 79.4 Å². The number of halogens is 1. The molecule has 2 heterocycles. The normalized spacial score (nSPS) is 15.9. The Labute approximate surface area is 227 Å². The van der Waals surface area contributed by atoms with Gasteiger partial charge in [-0.05, 0) is 42.0 Å². The molecule has 39 heavy (non-hydrogen) atoms. The molecule has 0 bridgehead atoms. The van der Waals surface area contributed by atoms with Crippen LogP contribution in [0.5, 0.6) is 11.5 Å². The standard InChI is InChI=1S/C29H30FN3O5S/c30-24-8-10-25(11-9-24)33(39(35,36)26-12-13-27-28(21-26)38-20-19-37-27)22-29(34)32-17-15-31(16-18-32)14-4-7-23-5-2-1-3-6-23/h1-13,21H,14-20,22H2/b7-4+. The number of rotatable bonds is 8. The maximum atomic E-state index is 13.8. The fourth-order valence-electron chi connectivity index (χ4n) is 4.54. The Morgan fingerprint density at radius 1 is 0.897 bits per heavy atom. The van der Waals surface area contributed by atoms with Gasteiger partial charge in [0.1, 0.15) is 25.6 Å². The summed E-state index contributed by atoms with van der Waals surface area (Å²) >= 11 is 0. The van der Waals surface area contributed by atoms with Crippen LogP contribution >= 0.6 is 0 Å². The zero-order valence-electron chi connectivity index (χ0n) is 21.4. The highest BCUT2D eigenvalue weighted by Gasteiger charge is 2.31. The van der Waals surface area contributed by atoms with Gasteiger partial charge < -0.3 is 14.4 Å². The Morgan fingerprint density at radius 3 is 2.31 bits per heavy atom. The summed E-state index contributed by atoms with van der Waals surface area (Å²) in [6.07, 6.45) is 4.17. The molecule has 2 aliphatic rings. The Kier molecular flexibility index (Phi) is 8.13. The van der Waals surface area contributed by atoms with Gasteiger partial charge in [0, 0.05) is 38.8 Å². The number of amides is 1. The van der Waals surface area contributed by atoms with Crippen LogP contribution in [0.15, 0.2) is 83.8 Å². The van der Waals surface area contributed by atoms with E-state index in [4.69, 9.17) is 9.47 Å². The van der Waals surface area contributed by atoms with Crippen LogP contribution in [0.25, 0.3) is 6.08 Å². The van der Waals surface area contributed by atoms with Gasteiger partial charge in [-0.3, -0.25) is 14.0 Å². The third kappa shape index (κ3) is 6.40. The van der Waals surface area contributed by atoms with E-state index in [1.54, 1.807) is 4.90 Å². The molecule has 3 aromatic rings. The van der Waals surface area contributed by atoms with Gasteiger partial charge in [0.05, 0.1) is 10.6 Å². The van der Waals surface area contributed by atoms with E-state index >= 15 is 0 Å². The van der Waals surface area contributed by atoms with E-state index in [0.717, 1.165) is 16.4 Å². The van der Waals surface area contributed by atoms with Gasteiger partial charge in [0.15, 0.2) is 11.5 Å². The molecular formula is C29H30FN3O5S. The van der Waals surface area contributed by atoms with E-state index in [1.807, 2.05) is 30.3 Å². The smallest absolute Gasteiger partial charge is 0.264 e. The first-order valence-electron chi connectivity index (χ1n) is 12.8. The van der Waals surface area contributed by atoms with Crippen molar-refractivity contribution in [3.05, 3.63) is 90.3 Å². The lowest BCUT2D eigenvalue weighted by molar-refractivity contribution is -0.131. The molecular weight excluding hydrogens is 521 g/mol. The summed E-state index contributed by atoms with van der Waals surface area (Å²) in [6, 6.07) is 19.5. The Morgan fingerprint density at radius 2 is 1.59 bits per heavy atom. The van der Waals surface area contributed by atoms with Crippen molar-refractivity contribution >= 4 is 27.7 Å². The maximum absolute atomic E-state index is 13.8. The van der Waals surface area contributed by atoms with Crippen molar-refractivity contribution in [2.24, 2.45) is 0 Å². The molecule has 1 amide bonds. The van der Waals surface area contributed by atoms with Crippen molar-refractivity contribution in [1.82, 2.24) is 9.80 Å². The van der Waals surface area contributed by atoms with E-state index in [-0.39, 0.29) is 16.5 Å². The van der Waals surface area contributed by atoms with E-state index in [2.05, 4.69) is 17.1 Å². The fraction of sp³-hybridized carbons (Fsp3) is 0.276. The highest BCUT2D eigenvalue weighted by molar-refractivity contribution is 7.92. The molecule has 2 aliphatic heterocycles. The van der Waals surface area contributed by atoms with Gasteiger partial charge in [-0.15, -0.1) is 0 Å². The highest BCUT2D eigenvalue weighted by Crippen LogP contribution is 2.34. The molecule has 0 atom stereocenters. The fourth-order valence-corrected chi connectivity index (χ4v) is 5.97. The average molecular weight is 552 g/mol. The molecule has 0 aliphatic carbocycles. The van der Waals surface area contributed by atoms with Gasteiger partial charge in [-0.25, -0.2) is 12.8 Å². The third-order valence-corrected chi connectivity index (χ3v) is 8.46. The van der Waals surface area contributed by atoms with Crippen molar-refractivity contribution in [2.45, 2.75) is 4.90 Å².